The van der Waals surface area contributed by atoms with Crippen molar-refractivity contribution in [1.29, 1.82) is 0 Å². The van der Waals surface area contributed by atoms with Gasteiger partial charge in [-0.1, -0.05) is 18.2 Å². The number of hydrogen-bond donors (Lipinski definition) is 0. The van der Waals surface area contributed by atoms with Crippen LogP contribution in [0.3, 0.4) is 0 Å². The lowest BCUT2D eigenvalue weighted by Gasteiger charge is -2.20. The molecule has 2 aromatic heterocycles. The van der Waals surface area contributed by atoms with E-state index >= 15 is 0 Å². The number of benzene rings is 2. The monoisotopic (exact) mass is 461 g/mol. The summed E-state index contributed by atoms with van der Waals surface area (Å²) >= 11 is 1.78. The molecule has 1 saturated heterocycles. The number of nitrogens with zero attached hydrogens (tertiary/aromatic N) is 1. The molecule has 2 aliphatic heterocycles. The summed E-state index contributed by atoms with van der Waals surface area (Å²) in [6, 6.07) is 17.1. The Hall–Kier alpha value is -2.80. The van der Waals surface area contributed by atoms with Gasteiger partial charge in [0.1, 0.15) is 24.2 Å². The lowest BCUT2D eigenvalue weighted by Crippen LogP contribution is -2.25. The third-order valence-electron chi connectivity index (χ3n) is 6.33. The minimum absolute atomic E-state index is 0.0672. The van der Waals surface area contributed by atoms with E-state index in [0.717, 1.165) is 61.2 Å². The summed E-state index contributed by atoms with van der Waals surface area (Å²) in [6.45, 7) is 6.35. The minimum atomic E-state index is 0.0672. The summed E-state index contributed by atoms with van der Waals surface area (Å²) in [4.78, 5) is 2.38. The molecule has 4 aromatic rings. The Morgan fingerprint density at radius 2 is 2.06 bits per heavy atom. The summed E-state index contributed by atoms with van der Waals surface area (Å²) in [6.07, 6.45) is 0.974. The molecule has 170 valence electrons. The highest BCUT2D eigenvalue weighted by atomic mass is 32.1. The molecule has 0 radical (unpaired) electrons. The standard InChI is InChI=1S/C27H27NO4S/c1-18-6-7-21(31-18)15-28-9-11-30-27-20(14-28)12-19(13-25(27)32-22-8-10-29-16-22)24-17-33-26-5-3-2-4-23(24)26/h2-7,12-13,17,22H,8-11,14-16H2,1H3/t22-/m0/s1. The van der Waals surface area contributed by atoms with Crippen molar-refractivity contribution in [3.05, 3.63) is 71.0 Å². The van der Waals surface area contributed by atoms with Gasteiger partial charge in [0, 0.05) is 40.7 Å². The first-order chi connectivity index (χ1) is 16.2. The number of fused-ring (bicyclic) bond motifs is 2. The van der Waals surface area contributed by atoms with Crippen LogP contribution in [0.4, 0.5) is 0 Å². The van der Waals surface area contributed by atoms with Crippen LogP contribution < -0.4 is 9.47 Å². The first-order valence-corrected chi connectivity index (χ1v) is 12.4. The molecule has 4 heterocycles. The van der Waals surface area contributed by atoms with E-state index < -0.39 is 0 Å². The molecule has 0 spiro atoms. The Morgan fingerprint density at radius 3 is 2.91 bits per heavy atom. The Labute approximate surface area is 197 Å². The maximum Gasteiger partial charge on any atom is 0.165 e. The predicted molar refractivity (Wildman–Crippen MR) is 130 cm³/mol. The van der Waals surface area contributed by atoms with Crippen molar-refractivity contribution in [3.63, 3.8) is 0 Å². The average Bonchev–Trinajstić information content (AvgIpc) is 3.54. The van der Waals surface area contributed by atoms with E-state index in [1.54, 1.807) is 11.3 Å². The molecular formula is C27H27NO4S. The van der Waals surface area contributed by atoms with Crippen LogP contribution in [0.1, 0.15) is 23.5 Å². The SMILES string of the molecule is Cc1ccc(CN2CCOc3c(cc(-c4csc5ccccc45)cc3O[C@H]3CCOC3)C2)o1. The van der Waals surface area contributed by atoms with Gasteiger partial charge in [0.25, 0.3) is 0 Å². The quantitative estimate of drug-likeness (QED) is 0.363. The second-order valence-electron chi connectivity index (χ2n) is 8.78. The van der Waals surface area contributed by atoms with Gasteiger partial charge in [0.05, 0.1) is 19.8 Å². The second kappa shape index (κ2) is 8.86. The molecule has 2 aromatic carbocycles. The Balaban J connectivity index is 1.39. The summed E-state index contributed by atoms with van der Waals surface area (Å²) in [5, 5.41) is 3.52. The Bertz CT molecular complexity index is 1270. The van der Waals surface area contributed by atoms with E-state index in [2.05, 4.69) is 52.7 Å². The number of furan rings is 1. The zero-order valence-electron chi connectivity index (χ0n) is 18.7. The van der Waals surface area contributed by atoms with E-state index in [-0.39, 0.29) is 6.10 Å². The molecular weight excluding hydrogens is 434 g/mol. The number of thiophene rings is 1. The third kappa shape index (κ3) is 4.26. The highest BCUT2D eigenvalue weighted by Gasteiger charge is 2.25. The average molecular weight is 462 g/mol. The highest BCUT2D eigenvalue weighted by Crippen LogP contribution is 2.42. The van der Waals surface area contributed by atoms with Crippen LogP contribution in [-0.4, -0.2) is 37.4 Å². The molecule has 6 heteroatoms. The molecule has 0 bridgehead atoms. The number of hydrogen-bond acceptors (Lipinski definition) is 6. The van der Waals surface area contributed by atoms with E-state index in [4.69, 9.17) is 18.6 Å². The van der Waals surface area contributed by atoms with Crippen LogP contribution in [-0.2, 0) is 17.8 Å². The van der Waals surface area contributed by atoms with Crippen LogP contribution in [0.5, 0.6) is 11.5 Å². The summed E-state index contributed by atoms with van der Waals surface area (Å²) in [5.74, 6) is 3.61. The van der Waals surface area contributed by atoms with Crippen LogP contribution in [0.15, 0.2) is 58.3 Å². The van der Waals surface area contributed by atoms with Crippen LogP contribution in [0.2, 0.25) is 0 Å². The summed E-state index contributed by atoms with van der Waals surface area (Å²) in [5.41, 5.74) is 3.56. The molecule has 0 saturated carbocycles. The highest BCUT2D eigenvalue weighted by molar-refractivity contribution is 7.17. The van der Waals surface area contributed by atoms with Gasteiger partial charge in [-0.05, 0) is 48.2 Å². The van der Waals surface area contributed by atoms with Gasteiger partial charge in [-0.2, -0.15) is 0 Å². The molecule has 0 aliphatic carbocycles. The van der Waals surface area contributed by atoms with Gasteiger partial charge in [-0.3, -0.25) is 4.90 Å². The van der Waals surface area contributed by atoms with E-state index in [1.165, 1.54) is 21.2 Å². The van der Waals surface area contributed by atoms with Crippen molar-refractivity contribution in [2.24, 2.45) is 0 Å². The van der Waals surface area contributed by atoms with Crippen molar-refractivity contribution in [1.82, 2.24) is 4.90 Å². The summed E-state index contributed by atoms with van der Waals surface area (Å²) in [7, 11) is 0. The maximum atomic E-state index is 6.45. The van der Waals surface area contributed by atoms with Crippen molar-refractivity contribution >= 4 is 21.4 Å². The zero-order chi connectivity index (χ0) is 22.2. The molecule has 0 amide bonds. The van der Waals surface area contributed by atoms with Crippen LogP contribution in [0.25, 0.3) is 21.2 Å². The van der Waals surface area contributed by atoms with Crippen molar-refractivity contribution in [3.8, 4) is 22.6 Å². The molecule has 1 fully saturated rings. The van der Waals surface area contributed by atoms with Crippen LogP contribution in [0, 0.1) is 6.92 Å². The lowest BCUT2D eigenvalue weighted by atomic mass is 10.0. The predicted octanol–water partition coefficient (Wildman–Crippen LogP) is 6.03. The zero-order valence-corrected chi connectivity index (χ0v) is 19.5. The fourth-order valence-corrected chi connectivity index (χ4v) is 5.66. The van der Waals surface area contributed by atoms with E-state index in [9.17, 15) is 0 Å². The topological polar surface area (TPSA) is 44.1 Å². The number of ether oxygens (including phenoxy) is 3. The Morgan fingerprint density at radius 1 is 1.12 bits per heavy atom. The van der Waals surface area contributed by atoms with Crippen molar-refractivity contribution < 1.29 is 18.6 Å². The van der Waals surface area contributed by atoms with Gasteiger partial charge in [0.2, 0.25) is 0 Å². The molecule has 1 atom stereocenters. The lowest BCUT2D eigenvalue weighted by molar-refractivity contribution is 0.137. The normalized spacial score (nSPS) is 18.8. The van der Waals surface area contributed by atoms with Crippen molar-refractivity contribution in [2.45, 2.75) is 32.5 Å². The van der Waals surface area contributed by atoms with Gasteiger partial charge in [-0.25, -0.2) is 0 Å². The fraction of sp³-hybridized carbons (Fsp3) is 0.333. The van der Waals surface area contributed by atoms with Gasteiger partial charge < -0.3 is 18.6 Å². The van der Waals surface area contributed by atoms with E-state index in [0.29, 0.717) is 13.2 Å². The van der Waals surface area contributed by atoms with Crippen molar-refractivity contribution in [2.75, 3.05) is 26.4 Å². The molecule has 0 unspecified atom stereocenters. The van der Waals surface area contributed by atoms with Gasteiger partial charge >= 0.3 is 0 Å². The molecule has 2 aliphatic rings. The third-order valence-corrected chi connectivity index (χ3v) is 7.29. The second-order valence-corrected chi connectivity index (χ2v) is 9.69. The number of aryl methyl sites for hydroxylation is 1. The Kier molecular flexibility index (Phi) is 5.58. The molecule has 33 heavy (non-hydrogen) atoms. The van der Waals surface area contributed by atoms with E-state index in [1.807, 2.05) is 13.0 Å². The first kappa shape index (κ1) is 20.8. The maximum absolute atomic E-state index is 6.45. The molecule has 6 rings (SSSR count). The smallest absolute Gasteiger partial charge is 0.165 e. The first-order valence-electron chi connectivity index (χ1n) is 11.5. The van der Waals surface area contributed by atoms with Gasteiger partial charge in [-0.15, -0.1) is 11.3 Å². The van der Waals surface area contributed by atoms with Gasteiger partial charge in [0.15, 0.2) is 11.5 Å². The fourth-order valence-electron chi connectivity index (χ4n) is 4.69. The largest absolute Gasteiger partial charge is 0.488 e. The minimum Gasteiger partial charge on any atom is -0.488 e. The van der Waals surface area contributed by atoms with Crippen LogP contribution >= 0.6 is 11.3 Å². The molecule has 5 nitrogen and oxygen atoms in total. The molecule has 0 N–H and O–H groups in total. The summed E-state index contributed by atoms with van der Waals surface area (Å²) < 4.78 is 25.4. The number of rotatable bonds is 5.